The van der Waals surface area contributed by atoms with Gasteiger partial charge in [0.25, 0.3) is 10.0 Å². The van der Waals surface area contributed by atoms with Crippen LogP contribution in [0.3, 0.4) is 0 Å². The molecule has 29 heavy (non-hydrogen) atoms. The molecule has 3 N–H and O–H groups in total. The molecule has 0 bridgehead atoms. The SMILES string of the molecule is Cc1cc(N)cnc1S(=O)(=O)Nc1nc(-c2ccc(F)c(F)c2)c(C2COC2)s1. The van der Waals surface area contributed by atoms with Crippen LogP contribution in [0.5, 0.6) is 0 Å². The molecule has 0 radical (unpaired) electrons. The topological polar surface area (TPSA) is 107 Å². The van der Waals surface area contributed by atoms with Crippen LogP contribution < -0.4 is 10.5 Å². The van der Waals surface area contributed by atoms with Gasteiger partial charge in [0.2, 0.25) is 0 Å². The number of pyridine rings is 1. The highest BCUT2D eigenvalue weighted by atomic mass is 32.2. The molecular formula is C18H16F2N4O3S2. The summed E-state index contributed by atoms with van der Waals surface area (Å²) < 4.78 is 60.2. The standard InChI is InChI=1S/C18H16F2N4O3S2/c1-9-4-12(21)6-22-17(9)29(25,26)24-18-23-15(16(28-18)11-7-27-8-11)10-2-3-13(19)14(20)5-10/h2-6,11H,7-8,21H2,1H3,(H,23,24). The highest BCUT2D eigenvalue weighted by Crippen LogP contribution is 2.40. The fourth-order valence-electron chi connectivity index (χ4n) is 2.92. The highest BCUT2D eigenvalue weighted by molar-refractivity contribution is 7.92. The van der Waals surface area contributed by atoms with E-state index in [-0.39, 0.29) is 16.1 Å². The Kier molecular flexibility index (Phi) is 4.97. The van der Waals surface area contributed by atoms with Gasteiger partial charge in [0.15, 0.2) is 21.8 Å². The third kappa shape index (κ3) is 3.80. The molecule has 1 saturated heterocycles. The van der Waals surface area contributed by atoms with E-state index < -0.39 is 21.7 Å². The minimum Gasteiger partial charge on any atom is -0.397 e. The average Bonchev–Trinajstić information content (AvgIpc) is 2.97. The molecule has 1 aliphatic rings. The van der Waals surface area contributed by atoms with Crippen LogP contribution in [0.4, 0.5) is 19.6 Å². The van der Waals surface area contributed by atoms with Gasteiger partial charge in [0, 0.05) is 16.4 Å². The van der Waals surface area contributed by atoms with E-state index in [1.54, 1.807) is 6.92 Å². The number of nitrogen functional groups attached to an aromatic ring is 1. The Bertz CT molecular complexity index is 1190. The second-order valence-corrected chi connectivity index (χ2v) is 9.22. The molecule has 152 valence electrons. The second-order valence-electron chi connectivity index (χ2n) is 6.59. The number of aryl methyl sites for hydroxylation is 1. The van der Waals surface area contributed by atoms with E-state index >= 15 is 0 Å². The van der Waals surface area contributed by atoms with Gasteiger partial charge in [-0.3, -0.25) is 4.72 Å². The normalized spacial score (nSPS) is 14.6. The van der Waals surface area contributed by atoms with Gasteiger partial charge in [0.1, 0.15) is 0 Å². The number of benzene rings is 1. The van der Waals surface area contributed by atoms with Gasteiger partial charge in [-0.15, -0.1) is 11.3 Å². The van der Waals surface area contributed by atoms with Crippen LogP contribution >= 0.6 is 11.3 Å². The van der Waals surface area contributed by atoms with Crippen molar-refractivity contribution in [3.63, 3.8) is 0 Å². The van der Waals surface area contributed by atoms with Crippen LogP contribution in [-0.4, -0.2) is 31.6 Å². The summed E-state index contributed by atoms with van der Waals surface area (Å²) in [5, 5.41) is -0.0607. The van der Waals surface area contributed by atoms with Gasteiger partial charge in [-0.1, -0.05) is 0 Å². The van der Waals surface area contributed by atoms with Crippen molar-refractivity contribution in [1.82, 2.24) is 9.97 Å². The smallest absolute Gasteiger partial charge is 0.281 e. The van der Waals surface area contributed by atoms with Gasteiger partial charge in [0.05, 0.1) is 30.8 Å². The first-order chi connectivity index (χ1) is 13.7. The van der Waals surface area contributed by atoms with Gasteiger partial charge < -0.3 is 10.5 Å². The van der Waals surface area contributed by atoms with Crippen LogP contribution in [0, 0.1) is 18.6 Å². The zero-order chi connectivity index (χ0) is 20.8. The van der Waals surface area contributed by atoms with E-state index in [1.807, 2.05) is 0 Å². The number of rotatable bonds is 5. The highest BCUT2D eigenvalue weighted by Gasteiger charge is 2.29. The summed E-state index contributed by atoms with van der Waals surface area (Å²) in [4.78, 5) is 8.99. The van der Waals surface area contributed by atoms with Crippen molar-refractivity contribution in [3.05, 3.63) is 52.5 Å². The quantitative estimate of drug-likeness (QED) is 0.633. The minimum atomic E-state index is -4.01. The van der Waals surface area contributed by atoms with Crippen molar-refractivity contribution in [2.75, 3.05) is 23.7 Å². The Morgan fingerprint density at radius 1 is 1.24 bits per heavy atom. The van der Waals surface area contributed by atoms with Crippen LogP contribution in [0.25, 0.3) is 11.3 Å². The van der Waals surface area contributed by atoms with Crippen molar-refractivity contribution in [3.8, 4) is 11.3 Å². The number of ether oxygens (including phenoxy) is 1. The molecule has 0 spiro atoms. The van der Waals surface area contributed by atoms with E-state index in [0.717, 1.165) is 28.3 Å². The monoisotopic (exact) mass is 438 g/mol. The average molecular weight is 438 g/mol. The molecule has 1 fully saturated rings. The maximum atomic E-state index is 13.7. The Morgan fingerprint density at radius 2 is 2.00 bits per heavy atom. The van der Waals surface area contributed by atoms with Gasteiger partial charge >= 0.3 is 0 Å². The summed E-state index contributed by atoms with van der Waals surface area (Å²) >= 11 is 1.13. The van der Waals surface area contributed by atoms with Crippen molar-refractivity contribution >= 4 is 32.2 Å². The summed E-state index contributed by atoms with van der Waals surface area (Å²) in [6.45, 7) is 2.48. The molecule has 0 amide bonds. The lowest BCUT2D eigenvalue weighted by molar-refractivity contribution is 0.0100. The van der Waals surface area contributed by atoms with Crippen LogP contribution in [0.2, 0.25) is 0 Å². The number of halogens is 2. The molecule has 4 rings (SSSR count). The molecule has 1 aromatic carbocycles. The van der Waals surface area contributed by atoms with Crippen molar-refractivity contribution in [2.45, 2.75) is 17.9 Å². The fraction of sp³-hybridized carbons (Fsp3) is 0.222. The van der Waals surface area contributed by atoms with Crippen LogP contribution in [0.1, 0.15) is 16.4 Å². The molecule has 0 atom stereocenters. The zero-order valence-electron chi connectivity index (χ0n) is 15.1. The van der Waals surface area contributed by atoms with Crippen LogP contribution in [-0.2, 0) is 14.8 Å². The summed E-state index contributed by atoms with van der Waals surface area (Å²) in [6, 6.07) is 4.96. The lowest BCUT2D eigenvalue weighted by atomic mass is 10.0. The molecule has 3 heterocycles. The third-order valence-electron chi connectivity index (χ3n) is 4.38. The van der Waals surface area contributed by atoms with Crippen molar-refractivity contribution < 1.29 is 21.9 Å². The second kappa shape index (κ2) is 7.32. The minimum absolute atomic E-state index is 0.00486. The lowest BCUT2D eigenvalue weighted by Gasteiger charge is -2.25. The molecule has 0 saturated carbocycles. The van der Waals surface area contributed by atoms with Gasteiger partial charge in [-0.25, -0.2) is 18.7 Å². The first-order valence-electron chi connectivity index (χ1n) is 8.53. The van der Waals surface area contributed by atoms with Crippen LogP contribution in [0.15, 0.2) is 35.5 Å². The summed E-state index contributed by atoms with van der Waals surface area (Å²) in [7, 11) is -4.01. The maximum absolute atomic E-state index is 13.7. The lowest BCUT2D eigenvalue weighted by Crippen LogP contribution is -2.24. The summed E-state index contributed by atoms with van der Waals surface area (Å²) in [5.41, 5.74) is 7.12. The predicted octanol–water partition coefficient (Wildman–Crippen LogP) is 3.29. The molecule has 2 aromatic heterocycles. The molecule has 0 aliphatic carbocycles. The first kappa shape index (κ1) is 19.7. The number of sulfonamides is 1. The maximum Gasteiger partial charge on any atom is 0.281 e. The summed E-state index contributed by atoms with van der Waals surface area (Å²) in [5.74, 6) is -1.97. The van der Waals surface area contributed by atoms with E-state index in [9.17, 15) is 17.2 Å². The zero-order valence-corrected chi connectivity index (χ0v) is 16.8. The number of nitrogens with one attached hydrogen (secondary N) is 1. The van der Waals surface area contributed by atoms with Crippen molar-refractivity contribution in [2.24, 2.45) is 0 Å². The van der Waals surface area contributed by atoms with E-state index in [2.05, 4.69) is 14.7 Å². The Balaban J connectivity index is 1.73. The van der Waals surface area contributed by atoms with Gasteiger partial charge in [-0.05, 0) is 36.8 Å². The predicted molar refractivity (Wildman–Crippen MR) is 105 cm³/mol. The molecule has 7 nitrogen and oxygen atoms in total. The van der Waals surface area contributed by atoms with E-state index in [1.165, 1.54) is 18.3 Å². The van der Waals surface area contributed by atoms with E-state index in [4.69, 9.17) is 10.5 Å². The third-order valence-corrected chi connectivity index (χ3v) is 7.04. The molecule has 11 heteroatoms. The Labute approximate surface area is 169 Å². The van der Waals surface area contributed by atoms with Crippen molar-refractivity contribution in [1.29, 1.82) is 0 Å². The number of aromatic nitrogens is 2. The molecular weight excluding hydrogens is 422 g/mol. The number of hydrogen-bond donors (Lipinski definition) is 2. The fourth-order valence-corrected chi connectivity index (χ4v) is 5.37. The van der Waals surface area contributed by atoms with E-state index in [0.29, 0.717) is 35.7 Å². The number of nitrogens with two attached hydrogens (primary N) is 1. The molecule has 1 aliphatic heterocycles. The Hall–Kier alpha value is -2.63. The first-order valence-corrected chi connectivity index (χ1v) is 10.8. The van der Waals surface area contributed by atoms with Gasteiger partial charge in [-0.2, -0.15) is 8.42 Å². The number of nitrogens with zero attached hydrogens (tertiary/aromatic N) is 2. The summed E-state index contributed by atoms with van der Waals surface area (Å²) in [6.07, 6.45) is 1.26. The number of thiazole rings is 1. The molecule has 3 aromatic rings. The molecule has 0 unspecified atom stereocenters. The number of hydrogen-bond acceptors (Lipinski definition) is 7. The Morgan fingerprint density at radius 3 is 2.62 bits per heavy atom. The number of anilines is 2. The largest absolute Gasteiger partial charge is 0.397 e.